The maximum Gasteiger partial charge on any atom is 0.0696 e. The van der Waals surface area contributed by atoms with E-state index in [1.807, 2.05) is 0 Å². The summed E-state index contributed by atoms with van der Waals surface area (Å²) in [4.78, 5) is 0. The monoisotopic (exact) mass is 143 g/mol. The summed E-state index contributed by atoms with van der Waals surface area (Å²) in [6.07, 6.45) is 5.67. The van der Waals surface area contributed by atoms with E-state index in [0.717, 1.165) is 5.92 Å². The molecule has 1 saturated carbocycles. The molecule has 0 aliphatic heterocycles. The maximum atomic E-state index is 5.49. The van der Waals surface area contributed by atoms with E-state index in [4.69, 9.17) is 10.5 Å². The van der Waals surface area contributed by atoms with Crippen LogP contribution in [0.4, 0.5) is 0 Å². The molecule has 10 heavy (non-hydrogen) atoms. The third kappa shape index (κ3) is 1.96. The van der Waals surface area contributed by atoms with Gasteiger partial charge in [-0.25, -0.2) is 0 Å². The molecule has 0 aromatic rings. The van der Waals surface area contributed by atoms with Gasteiger partial charge in [-0.3, -0.25) is 0 Å². The van der Waals surface area contributed by atoms with Gasteiger partial charge in [0, 0.05) is 13.7 Å². The fraction of sp³-hybridized carbons (Fsp3) is 1.00. The molecule has 0 aromatic heterocycles. The molecule has 2 N–H and O–H groups in total. The van der Waals surface area contributed by atoms with Gasteiger partial charge in [-0.15, -0.1) is 0 Å². The fourth-order valence-electron chi connectivity index (χ4n) is 1.39. The molecule has 60 valence electrons. The summed E-state index contributed by atoms with van der Waals surface area (Å²) >= 11 is 0. The van der Waals surface area contributed by atoms with Gasteiger partial charge in [0.2, 0.25) is 0 Å². The van der Waals surface area contributed by atoms with Gasteiger partial charge in [-0.1, -0.05) is 19.3 Å². The van der Waals surface area contributed by atoms with Crippen LogP contribution >= 0.6 is 0 Å². The van der Waals surface area contributed by atoms with E-state index >= 15 is 0 Å². The Hall–Kier alpha value is -0.0800. The van der Waals surface area contributed by atoms with E-state index in [9.17, 15) is 0 Å². The van der Waals surface area contributed by atoms with Crippen LogP contribution in [0.2, 0.25) is 0 Å². The smallest absolute Gasteiger partial charge is 0.0696 e. The number of nitrogens with two attached hydrogens (primary N) is 1. The Balaban J connectivity index is 2.08. The molecule has 1 aliphatic carbocycles. The van der Waals surface area contributed by atoms with Gasteiger partial charge in [-0.2, -0.15) is 0 Å². The van der Waals surface area contributed by atoms with Crippen molar-refractivity contribution in [3.8, 4) is 0 Å². The zero-order valence-electron chi connectivity index (χ0n) is 6.68. The van der Waals surface area contributed by atoms with Crippen LogP contribution in [0.25, 0.3) is 0 Å². The van der Waals surface area contributed by atoms with Crippen molar-refractivity contribution < 1.29 is 4.74 Å². The molecule has 2 heteroatoms. The molecule has 1 fully saturated rings. The number of methoxy groups -OCH3 is 1. The van der Waals surface area contributed by atoms with Crippen LogP contribution in [0.1, 0.15) is 25.7 Å². The number of ether oxygens (including phenoxy) is 1. The minimum absolute atomic E-state index is 0.310. The van der Waals surface area contributed by atoms with Crippen LogP contribution in [-0.2, 0) is 4.74 Å². The summed E-state index contributed by atoms with van der Waals surface area (Å²) in [6.45, 7) is 0.674. The lowest BCUT2D eigenvalue weighted by molar-refractivity contribution is 0.0721. The molecule has 1 aliphatic rings. The van der Waals surface area contributed by atoms with Gasteiger partial charge >= 0.3 is 0 Å². The molecule has 0 heterocycles. The Morgan fingerprint density at radius 3 is 2.60 bits per heavy atom. The first kappa shape index (κ1) is 8.02. The minimum atomic E-state index is 0.310. The largest absolute Gasteiger partial charge is 0.380 e. The predicted octanol–water partition coefficient (Wildman–Crippen LogP) is 1.15. The highest BCUT2D eigenvalue weighted by atomic mass is 16.5. The first-order valence-corrected chi connectivity index (χ1v) is 4.09. The maximum absolute atomic E-state index is 5.49. The molecule has 0 radical (unpaired) electrons. The van der Waals surface area contributed by atoms with E-state index in [1.165, 1.54) is 25.7 Å². The van der Waals surface area contributed by atoms with Crippen molar-refractivity contribution in [3.05, 3.63) is 0 Å². The van der Waals surface area contributed by atoms with Crippen molar-refractivity contribution in [2.75, 3.05) is 13.7 Å². The molecular formula is C8H17NO. The fourth-order valence-corrected chi connectivity index (χ4v) is 1.39. The topological polar surface area (TPSA) is 35.2 Å². The van der Waals surface area contributed by atoms with E-state index < -0.39 is 0 Å². The van der Waals surface area contributed by atoms with E-state index in [1.54, 1.807) is 7.11 Å². The lowest BCUT2D eigenvalue weighted by Gasteiger charge is -2.28. The molecule has 2 nitrogen and oxygen atoms in total. The van der Waals surface area contributed by atoms with Crippen molar-refractivity contribution in [1.29, 1.82) is 0 Å². The van der Waals surface area contributed by atoms with E-state index in [2.05, 4.69) is 0 Å². The summed E-state index contributed by atoms with van der Waals surface area (Å²) in [5.74, 6) is 0.911. The van der Waals surface area contributed by atoms with Gasteiger partial charge in [0.05, 0.1) is 6.10 Å². The Morgan fingerprint density at radius 2 is 2.30 bits per heavy atom. The third-order valence-electron chi connectivity index (χ3n) is 2.42. The molecule has 0 bridgehead atoms. The second kappa shape index (κ2) is 3.94. The van der Waals surface area contributed by atoms with E-state index in [-0.39, 0.29) is 0 Å². The highest BCUT2D eigenvalue weighted by molar-refractivity contribution is 4.73. The highest BCUT2D eigenvalue weighted by Crippen LogP contribution is 2.30. The van der Waals surface area contributed by atoms with Gasteiger partial charge in [-0.05, 0) is 12.3 Å². The van der Waals surface area contributed by atoms with E-state index in [0.29, 0.717) is 12.6 Å². The van der Waals surface area contributed by atoms with Crippen LogP contribution in [-0.4, -0.2) is 19.8 Å². The average molecular weight is 143 g/mol. The van der Waals surface area contributed by atoms with Gasteiger partial charge in [0.1, 0.15) is 0 Å². The zero-order valence-corrected chi connectivity index (χ0v) is 6.68. The zero-order chi connectivity index (χ0) is 7.40. The molecule has 0 amide bonds. The van der Waals surface area contributed by atoms with Crippen LogP contribution in [0, 0.1) is 5.92 Å². The third-order valence-corrected chi connectivity index (χ3v) is 2.42. The predicted molar refractivity (Wildman–Crippen MR) is 41.8 cm³/mol. The summed E-state index contributed by atoms with van der Waals surface area (Å²) < 4.78 is 5.18. The number of rotatable bonds is 4. The first-order chi connectivity index (χ1) is 4.86. The van der Waals surface area contributed by atoms with Gasteiger partial charge < -0.3 is 10.5 Å². The minimum Gasteiger partial charge on any atom is -0.380 e. The molecule has 0 saturated heterocycles. The van der Waals surface area contributed by atoms with Crippen molar-refractivity contribution in [2.45, 2.75) is 31.8 Å². The van der Waals surface area contributed by atoms with Crippen LogP contribution in [0.5, 0.6) is 0 Å². The Morgan fingerprint density at radius 1 is 1.60 bits per heavy atom. The second-order valence-electron chi connectivity index (χ2n) is 3.13. The normalized spacial score (nSPS) is 22.2. The Kier molecular flexibility index (Phi) is 3.16. The van der Waals surface area contributed by atoms with Gasteiger partial charge in [0.25, 0.3) is 0 Å². The van der Waals surface area contributed by atoms with Crippen LogP contribution in [0.15, 0.2) is 0 Å². The number of hydrogen-bond donors (Lipinski definition) is 1. The Bertz CT molecular complexity index is 87.3. The van der Waals surface area contributed by atoms with Crippen molar-refractivity contribution in [2.24, 2.45) is 11.7 Å². The molecule has 0 spiro atoms. The summed E-state index contributed by atoms with van der Waals surface area (Å²) in [5.41, 5.74) is 5.49. The van der Waals surface area contributed by atoms with Crippen LogP contribution in [0.3, 0.4) is 0 Å². The van der Waals surface area contributed by atoms with Crippen LogP contribution < -0.4 is 5.73 Å². The van der Waals surface area contributed by atoms with Gasteiger partial charge in [0.15, 0.2) is 0 Å². The first-order valence-electron chi connectivity index (χ1n) is 4.09. The number of hydrogen-bond acceptors (Lipinski definition) is 2. The molecule has 1 unspecified atom stereocenters. The lowest BCUT2D eigenvalue weighted by Crippen LogP contribution is -2.27. The summed E-state index contributed by atoms with van der Waals surface area (Å²) in [6, 6.07) is 0. The molecular weight excluding hydrogens is 126 g/mol. The lowest BCUT2D eigenvalue weighted by atomic mass is 9.81. The average Bonchev–Trinajstić information content (AvgIpc) is 1.87. The van der Waals surface area contributed by atoms with Crippen molar-refractivity contribution >= 4 is 0 Å². The molecule has 1 atom stereocenters. The Labute approximate surface area is 62.7 Å². The molecule has 0 aromatic carbocycles. The second-order valence-corrected chi connectivity index (χ2v) is 3.13. The SMILES string of the molecule is COC(CN)CC1CCC1. The van der Waals surface area contributed by atoms with Crippen molar-refractivity contribution in [3.63, 3.8) is 0 Å². The summed E-state index contributed by atoms with van der Waals surface area (Å²) in [5, 5.41) is 0. The highest BCUT2D eigenvalue weighted by Gasteiger charge is 2.20. The van der Waals surface area contributed by atoms with Crippen molar-refractivity contribution in [1.82, 2.24) is 0 Å². The summed E-state index contributed by atoms with van der Waals surface area (Å²) in [7, 11) is 1.75. The standard InChI is InChI=1S/C8H17NO/c1-10-8(6-9)5-7-3-2-4-7/h7-8H,2-6,9H2,1H3. The quantitative estimate of drug-likeness (QED) is 0.640. The molecule has 1 rings (SSSR count).